The molecule has 5 aromatic rings. The zero-order valence-electron chi connectivity index (χ0n) is 23.2. The van der Waals surface area contributed by atoms with Gasteiger partial charge in [0.15, 0.2) is 0 Å². The summed E-state index contributed by atoms with van der Waals surface area (Å²) in [6.45, 7) is 12.0. The fraction of sp³-hybridized carbons (Fsp3) is 0.171. The van der Waals surface area contributed by atoms with Gasteiger partial charge in [0.1, 0.15) is 5.84 Å². The molecule has 4 aromatic carbocycles. The Bertz CT molecular complexity index is 1690. The summed E-state index contributed by atoms with van der Waals surface area (Å²) < 4.78 is 2.40. The Morgan fingerprint density at radius 2 is 1.67 bits per heavy atom. The number of benzene rings is 4. The Hall–Kier alpha value is -4.02. The second-order valence-electron chi connectivity index (χ2n) is 10.1. The van der Waals surface area contributed by atoms with Crippen molar-refractivity contribution in [2.24, 2.45) is 10.7 Å². The van der Waals surface area contributed by atoms with Gasteiger partial charge in [0.2, 0.25) is 0 Å². The first kappa shape index (κ1) is 26.6. The van der Waals surface area contributed by atoms with Crippen molar-refractivity contribution in [3.05, 3.63) is 131 Å². The van der Waals surface area contributed by atoms with Gasteiger partial charge in [0, 0.05) is 33.6 Å². The predicted octanol–water partition coefficient (Wildman–Crippen LogP) is 8.63. The molecule has 0 saturated heterocycles. The van der Waals surface area contributed by atoms with Crippen molar-refractivity contribution in [1.82, 2.24) is 4.57 Å². The molecule has 5 rings (SSSR count). The summed E-state index contributed by atoms with van der Waals surface area (Å²) in [6, 6.07) is 32.3. The summed E-state index contributed by atoms with van der Waals surface area (Å²) in [6.07, 6.45) is 2.09. The number of hydrogen-bond donors (Lipinski definition) is 1. The van der Waals surface area contributed by atoms with Crippen LogP contribution in [0.5, 0.6) is 0 Å². The summed E-state index contributed by atoms with van der Waals surface area (Å²) in [4.78, 5) is 5.93. The maximum absolute atomic E-state index is 6.45. The third-order valence-corrected chi connectivity index (χ3v) is 8.22. The van der Waals surface area contributed by atoms with E-state index in [4.69, 9.17) is 10.7 Å². The summed E-state index contributed by atoms with van der Waals surface area (Å²) >= 11 is 1.74. The Morgan fingerprint density at radius 3 is 2.41 bits per heavy atom. The monoisotopic (exact) mass is 529 g/mol. The van der Waals surface area contributed by atoms with E-state index in [9.17, 15) is 0 Å². The number of aromatic nitrogens is 1. The SMILES string of the molecule is C=C(C)c1ccccc1-c1ccc(Cn2c(C)c(C)c3cc(C(N)=NCc4cccc(SC)c4)ccc32)cc1. The van der Waals surface area contributed by atoms with Crippen molar-refractivity contribution < 1.29 is 0 Å². The minimum Gasteiger partial charge on any atom is -0.383 e. The maximum Gasteiger partial charge on any atom is 0.125 e. The van der Waals surface area contributed by atoms with E-state index in [0.717, 1.165) is 23.2 Å². The molecule has 0 aliphatic carbocycles. The quantitative estimate of drug-likeness (QED) is 0.124. The van der Waals surface area contributed by atoms with Crippen LogP contribution in [0.3, 0.4) is 0 Å². The Labute approximate surface area is 236 Å². The van der Waals surface area contributed by atoms with Gasteiger partial charge in [-0.2, -0.15) is 0 Å². The Kier molecular flexibility index (Phi) is 7.76. The van der Waals surface area contributed by atoms with Crippen molar-refractivity contribution in [3.8, 4) is 11.1 Å². The van der Waals surface area contributed by atoms with Gasteiger partial charge >= 0.3 is 0 Å². The van der Waals surface area contributed by atoms with Gasteiger partial charge in [-0.1, -0.05) is 72.8 Å². The van der Waals surface area contributed by atoms with Crippen LogP contribution in [0.4, 0.5) is 0 Å². The highest BCUT2D eigenvalue weighted by atomic mass is 32.2. The number of nitrogens with zero attached hydrogens (tertiary/aromatic N) is 2. The molecule has 0 spiro atoms. The predicted molar refractivity (Wildman–Crippen MR) is 170 cm³/mol. The number of fused-ring (bicyclic) bond motifs is 1. The number of allylic oxidation sites excluding steroid dienone is 1. The average molecular weight is 530 g/mol. The molecule has 0 amide bonds. The number of aryl methyl sites for hydroxylation is 1. The summed E-state index contributed by atoms with van der Waals surface area (Å²) in [7, 11) is 0. The standard InChI is InChI=1S/C35H35N3S/c1-23(2)31-11-6-7-12-32(31)28-15-13-26(14-16-28)22-38-25(4)24(3)33-20-29(17-18-34(33)38)35(36)37-21-27-9-8-10-30(19-27)39-5/h6-20H,1,21-22H2,2-5H3,(H2,36,37). The third kappa shape index (κ3) is 5.57. The summed E-state index contributed by atoms with van der Waals surface area (Å²) in [5.74, 6) is 0.571. The van der Waals surface area contributed by atoms with Crippen molar-refractivity contribution in [3.63, 3.8) is 0 Å². The molecule has 4 heteroatoms. The number of aliphatic imine (C=N–C) groups is 1. The fourth-order valence-electron chi connectivity index (χ4n) is 5.13. The topological polar surface area (TPSA) is 43.3 Å². The molecular formula is C35H35N3S. The van der Waals surface area contributed by atoms with Crippen LogP contribution in [0.15, 0.2) is 107 Å². The molecule has 0 aliphatic rings. The van der Waals surface area contributed by atoms with Crippen LogP contribution >= 0.6 is 11.8 Å². The molecule has 196 valence electrons. The van der Waals surface area contributed by atoms with Gasteiger partial charge < -0.3 is 10.3 Å². The number of hydrogen-bond acceptors (Lipinski definition) is 2. The van der Waals surface area contributed by atoms with E-state index in [-0.39, 0.29) is 0 Å². The first-order chi connectivity index (χ1) is 18.9. The zero-order chi connectivity index (χ0) is 27.5. The van der Waals surface area contributed by atoms with Gasteiger partial charge in [-0.05, 0) is 90.7 Å². The van der Waals surface area contributed by atoms with E-state index in [1.165, 1.54) is 49.3 Å². The van der Waals surface area contributed by atoms with Crippen molar-refractivity contribution in [2.75, 3.05) is 6.26 Å². The van der Waals surface area contributed by atoms with Crippen molar-refractivity contribution >= 4 is 34.1 Å². The molecule has 0 radical (unpaired) electrons. The van der Waals surface area contributed by atoms with E-state index in [1.54, 1.807) is 11.8 Å². The highest BCUT2D eigenvalue weighted by Gasteiger charge is 2.13. The van der Waals surface area contributed by atoms with Crippen LogP contribution in [-0.2, 0) is 13.1 Å². The van der Waals surface area contributed by atoms with Crippen LogP contribution < -0.4 is 5.73 Å². The van der Waals surface area contributed by atoms with Crippen LogP contribution in [0.25, 0.3) is 27.6 Å². The third-order valence-electron chi connectivity index (χ3n) is 7.49. The molecule has 1 aromatic heterocycles. The molecule has 0 atom stereocenters. The first-order valence-corrected chi connectivity index (χ1v) is 14.4. The molecule has 39 heavy (non-hydrogen) atoms. The lowest BCUT2D eigenvalue weighted by Gasteiger charge is -2.12. The number of nitrogens with two attached hydrogens (primary N) is 1. The molecule has 0 aliphatic heterocycles. The molecule has 0 fully saturated rings. The molecule has 1 heterocycles. The lowest BCUT2D eigenvalue weighted by atomic mass is 9.95. The lowest BCUT2D eigenvalue weighted by Crippen LogP contribution is -2.13. The van der Waals surface area contributed by atoms with Crippen molar-refractivity contribution in [2.45, 2.75) is 38.8 Å². The minimum atomic E-state index is 0.571. The minimum absolute atomic E-state index is 0.571. The highest BCUT2D eigenvalue weighted by Crippen LogP contribution is 2.30. The van der Waals surface area contributed by atoms with E-state index in [0.29, 0.717) is 12.4 Å². The molecular weight excluding hydrogens is 494 g/mol. The smallest absolute Gasteiger partial charge is 0.125 e. The largest absolute Gasteiger partial charge is 0.383 e. The Balaban J connectivity index is 1.40. The van der Waals surface area contributed by atoms with E-state index >= 15 is 0 Å². The van der Waals surface area contributed by atoms with Crippen LogP contribution in [0, 0.1) is 13.8 Å². The maximum atomic E-state index is 6.45. The first-order valence-electron chi connectivity index (χ1n) is 13.2. The zero-order valence-corrected chi connectivity index (χ0v) is 24.0. The molecule has 0 saturated carbocycles. The highest BCUT2D eigenvalue weighted by molar-refractivity contribution is 7.98. The Morgan fingerprint density at radius 1 is 0.897 bits per heavy atom. The van der Waals surface area contributed by atoms with Crippen LogP contribution in [0.2, 0.25) is 0 Å². The van der Waals surface area contributed by atoms with Crippen LogP contribution in [0.1, 0.15) is 40.4 Å². The fourth-order valence-corrected chi connectivity index (χ4v) is 5.61. The molecule has 0 bridgehead atoms. The van der Waals surface area contributed by atoms with Gasteiger partial charge in [-0.3, -0.25) is 4.99 Å². The number of amidine groups is 1. The van der Waals surface area contributed by atoms with E-state index < -0.39 is 0 Å². The molecule has 2 N–H and O–H groups in total. The number of rotatable bonds is 8. The number of thioether (sulfide) groups is 1. The lowest BCUT2D eigenvalue weighted by molar-refractivity contribution is 0.801. The van der Waals surface area contributed by atoms with Gasteiger partial charge in [0.25, 0.3) is 0 Å². The van der Waals surface area contributed by atoms with E-state index in [1.807, 2.05) is 0 Å². The van der Waals surface area contributed by atoms with Gasteiger partial charge in [-0.15, -0.1) is 11.8 Å². The average Bonchev–Trinajstić information content (AvgIpc) is 3.20. The normalized spacial score (nSPS) is 11.7. The molecule has 3 nitrogen and oxygen atoms in total. The summed E-state index contributed by atoms with van der Waals surface area (Å²) in [5, 5.41) is 1.22. The van der Waals surface area contributed by atoms with E-state index in [2.05, 4.69) is 129 Å². The van der Waals surface area contributed by atoms with Gasteiger partial charge in [0.05, 0.1) is 6.54 Å². The van der Waals surface area contributed by atoms with Gasteiger partial charge in [-0.25, -0.2) is 0 Å². The van der Waals surface area contributed by atoms with Crippen molar-refractivity contribution in [1.29, 1.82) is 0 Å². The summed E-state index contributed by atoms with van der Waals surface area (Å²) in [5.41, 5.74) is 18.3. The van der Waals surface area contributed by atoms with Crippen LogP contribution in [-0.4, -0.2) is 16.7 Å². The molecule has 0 unspecified atom stereocenters. The second kappa shape index (κ2) is 11.4. The second-order valence-corrected chi connectivity index (χ2v) is 11.0.